The fraction of sp³-hybridized carbons (Fsp3) is 0.917. The van der Waals surface area contributed by atoms with Gasteiger partial charge in [-0.3, -0.25) is 4.79 Å². The molecule has 0 aromatic carbocycles. The molecule has 0 heterocycles. The summed E-state index contributed by atoms with van der Waals surface area (Å²) in [5.41, 5.74) is 0.788. The Hall–Kier alpha value is -0.530. The average Bonchev–Trinajstić information content (AvgIpc) is 2.39. The van der Waals surface area contributed by atoms with Crippen LogP contribution in [-0.4, -0.2) is 11.1 Å². The van der Waals surface area contributed by atoms with Crippen LogP contribution >= 0.6 is 0 Å². The second-order valence-corrected chi connectivity index (χ2v) is 5.81. The lowest BCUT2D eigenvalue weighted by Gasteiger charge is -2.06. The molecule has 1 aliphatic rings. The fourth-order valence-corrected chi connectivity index (χ4v) is 2.60. The van der Waals surface area contributed by atoms with Gasteiger partial charge >= 0.3 is 5.97 Å². The third-order valence-electron chi connectivity index (χ3n) is 4.63. The fourth-order valence-electron chi connectivity index (χ4n) is 2.60. The van der Waals surface area contributed by atoms with Gasteiger partial charge < -0.3 is 5.11 Å². The number of hydrogen-bond donors (Lipinski definition) is 1. The minimum Gasteiger partial charge on any atom is -0.481 e. The van der Waals surface area contributed by atoms with Gasteiger partial charge in [0.2, 0.25) is 0 Å². The van der Waals surface area contributed by atoms with E-state index in [1.807, 2.05) is 0 Å². The van der Waals surface area contributed by atoms with E-state index in [1.165, 1.54) is 0 Å². The van der Waals surface area contributed by atoms with Crippen LogP contribution in [0, 0.1) is 22.7 Å². The molecule has 2 nitrogen and oxygen atoms in total. The maximum Gasteiger partial charge on any atom is 0.306 e. The highest BCUT2D eigenvalue weighted by Crippen LogP contribution is 2.70. The maximum absolute atomic E-state index is 10.7. The molecule has 1 N–H and O–H groups in total. The van der Waals surface area contributed by atoms with E-state index in [9.17, 15) is 4.79 Å². The molecule has 0 aliphatic heterocycles. The van der Waals surface area contributed by atoms with Crippen molar-refractivity contribution >= 4 is 5.97 Å². The maximum atomic E-state index is 10.7. The summed E-state index contributed by atoms with van der Waals surface area (Å²) < 4.78 is 0. The highest BCUT2D eigenvalue weighted by molar-refractivity contribution is 5.69. The Labute approximate surface area is 86.7 Å². The predicted octanol–water partition coefficient (Wildman–Crippen LogP) is 3.17. The van der Waals surface area contributed by atoms with E-state index in [1.54, 1.807) is 6.92 Å². The molecule has 0 saturated heterocycles. The van der Waals surface area contributed by atoms with Gasteiger partial charge in [0.1, 0.15) is 0 Å². The number of aliphatic carboxylic acids is 1. The molecular weight excluding hydrogens is 176 g/mol. The third kappa shape index (κ3) is 1.67. The summed E-state index contributed by atoms with van der Waals surface area (Å²) in [7, 11) is 0. The van der Waals surface area contributed by atoms with Crippen LogP contribution < -0.4 is 0 Å². The molecule has 1 atom stereocenters. The van der Waals surface area contributed by atoms with Crippen LogP contribution in [0.1, 0.15) is 47.5 Å². The van der Waals surface area contributed by atoms with Gasteiger partial charge in [0.15, 0.2) is 0 Å². The molecule has 2 heteroatoms. The average molecular weight is 198 g/mol. The van der Waals surface area contributed by atoms with Crippen molar-refractivity contribution in [1.29, 1.82) is 0 Å². The Morgan fingerprint density at radius 3 is 2.00 bits per heavy atom. The zero-order chi connectivity index (χ0) is 11.1. The van der Waals surface area contributed by atoms with E-state index >= 15 is 0 Å². The Morgan fingerprint density at radius 1 is 1.29 bits per heavy atom. The molecular formula is C12H22O2. The topological polar surface area (TPSA) is 37.3 Å². The summed E-state index contributed by atoms with van der Waals surface area (Å²) >= 11 is 0. The highest BCUT2D eigenvalue weighted by atomic mass is 16.4. The van der Waals surface area contributed by atoms with Crippen LogP contribution in [-0.2, 0) is 4.79 Å². The van der Waals surface area contributed by atoms with Crippen molar-refractivity contribution in [1.82, 2.24) is 0 Å². The lowest BCUT2D eigenvalue weighted by atomic mass is 10.00. The van der Waals surface area contributed by atoms with E-state index in [0.717, 1.165) is 12.8 Å². The summed E-state index contributed by atoms with van der Waals surface area (Å²) in [6.45, 7) is 10.9. The Morgan fingerprint density at radius 2 is 1.71 bits per heavy atom. The van der Waals surface area contributed by atoms with E-state index in [4.69, 9.17) is 5.11 Å². The van der Waals surface area contributed by atoms with E-state index < -0.39 is 5.97 Å². The first-order valence-corrected chi connectivity index (χ1v) is 5.44. The summed E-state index contributed by atoms with van der Waals surface area (Å²) in [5.74, 6) is -0.166. The van der Waals surface area contributed by atoms with Gasteiger partial charge in [-0.2, -0.15) is 0 Å². The molecule has 1 saturated carbocycles. The molecule has 1 fully saturated rings. The zero-order valence-corrected chi connectivity index (χ0v) is 9.92. The van der Waals surface area contributed by atoms with Gasteiger partial charge in [-0.25, -0.2) is 0 Å². The third-order valence-corrected chi connectivity index (χ3v) is 4.63. The van der Waals surface area contributed by atoms with Crippen molar-refractivity contribution < 1.29 is 9.90 Å². The van der Waals surface area contributed by atoms with Crippen molar-refractivity contribution in [3.05, 3.63) is 0 Å². The van der Waals surface area contributed by atoms with Crippen LogP contribution in [0.5, 0.6) is 0 Å². The van der Waals surface area contributed by atoms with Gasteiger partial charge in [-0.15, -0.1) is 0 Å². The molecule has 0 radical (unpaired) electrons. The minimum absolute atomic E-state index is 0.192. The molecule has 0 aromatic rings. The van der Waals surface area contributed by atoms with E-state index in [2.05, 4.69) is 27.7 Å². The number of carboxylic acids is 1. The lowest BCUT2D eigenvalue weighted by molar-refractivity contribution is -0.141. The molecule has 0 amide bonds. The molecule has 82 valence electrons. The predicted molar refractivity (Wildman–Crippen MR) is 57.1 cm³/mol. The van der Waals surface area contributed by atoms with Gasteiger partial charge in [-0.05, 0) is 29.6 Å². The molecule has 0 aromatic heterocycles. The van der Waals surface area contributed by atoms with Gasteiger partial charge in [-0.1, -0.05) is 34.6 Å². The number of carbonyl (C=O) groups is 1. The molecule has 1 aliphatic carbocycles. The van der Waals surface area contributed by atoms with Gasteiger partial charge in [0, 0.05) is 0 Å². The molecule has 1 unspecified atom stereocenters. The Bertz CT molecular complexity index is 227. The van der Waals surface area contributed by atoms with Gasteiger partial charge in [0.25, 0.3) is 0 Å². The smallest absolute Gasteiger partial charge is 0.306 e. The number of hydrogen-bond acceptors (Lipinski definition) is 1. The van der Waals surface area contributed by atoms with Crippen LogP contribution in [0.2, 0.25) is 0 Å². The van der Waals surface area contributed by atoms with Crippen molar-refractivity contribution in [2.75, 3.05) is 0 Å². The molecule has 0 spiro atoms. The van der Waals surface area contributed by atoms with Crippen LogP contribution in [0.25, 0.3) is 0 Å². The van der Waals surface area contributed by atoms with E-state index in [-0.39, 0.29) is 5.92 Å². The Kier molecular flexibility index (Phi) is 2.68. The monoisotopic (exact) mass is 198 g/mol. The van der Waals surface area contributed by atoms with Crippen molar-refractivity contribution in [3.63, 3.8) is 0 Å². The largest absolute Gasteiger partial charge is 0.481 e. The van der Waals surface area contributed by atoms with E-state index in [0.29, 0.717) is 16.7 Å². The summed E-state index contributed by atoms with van der Waals surface area (Å²) in [6, 6.07) is 0. The SMILES string of the molecule is CC(CCC1C(C)(C)C1(C)C)C(=O)O. The second-order valence-electron chi connectivity index (χ2n) is 5.81. The Balaban J connectivity index is 2.39. The van der Waals surface area contributed by atoms with Crippen LogP contribution in [0.3, 0.4) is 0 Å². The first kappa shape index (κ1) is 11.5. The normalized spacial score (nSPS) is 25.8. The summed E-state index contributed by atoms with van der Waals surface area (Å²) in [5, 5.41) is 8.78. The number of rotatable bonds is 4. The lowest BCUT2D eigenvalue weighted by Crippen LogP contribution is -2.09. The molecule has 14 heavy (non-hydrogen) atoms. The quantitative estimate of drug-likeness (QED) is 0.753. The van der Waals surface area contributed by atoms with Gasteiger partial charge in [0.05, 0.1) is 5.92 Å². The van der Waals surface area contributed by atoms with Crippen molar-refractivity contribution in [2.24, 2.45) is 22.7 Å². The van der Waals surface area contributed by atoms with Crippen LogP contribution in [0.15, 0.2) is 0 Å². The highest BCUT2D eigenvalue weighted by Gasteiger charge is 2.63. The first-order chi connectivity index (χ1) is 6.21. The van der Waals surface area contributed by atoms with Crippen molar-refractivity contribution in [2.45, 2.75) is 47.5 Å². The molecule has 0 bridgehead atoms. The first-order valence-electron chi connectivity index (χ1n) is 5.44. The second kappa shape index (κ2) is 3.25. The standard InChI is InChI=1S/C12H22O2/c1-8(10(13)14)6-7-9-11(2,3)12(9,4)5/h8-9H,6-7H2,1-5H3,(H,13,14). The zero-order valence-electron chi connectivity index (χ0n) is 9.92. The number of carboxylic acid groups (broad SMARTS) is 1. The minimum atomic E-state index is -0.665. The summed E-state index contributed by atoms with van der Waals surface area (Å²) in [4.78, 5) is 10.7. The summed E-state index contributed by atoms with van der Waals surface area (Å²) in [6.07, 6.45) is 1.86. The van der Waals surface area contributed by atoms with Crippen LogP contribution in [0.4, 0.5) is 0 Å². The van der Waals surface area contributed by atoms with Crippen molar-refractivity contribution in [3.8, 4) is 0 Å². The molecule has 1 rings (SSSR count).